The van der Waals surface area contributed by atoms with Gasteiger partial charge in [-0.05, 0) is 18.4 Å². The van der Waals surface area contributed by atoms with E-state index >= 15 is 0 Å². The molecule has 0 aliphatic carbocycles. The monoisotopic (exact) mass is 320 g/mol. The largest absolute Gasteiger partial charge is 0.365 e. The van der Waals surface area contributed by atoms with E-state index in [-0.39, 0.29) is 19.9 Å². The maximum absolute atomic E-state index is 12.1. The van der Waals surface area contributed by atoms with Gasteiger partial charge >= 0.3 is 0 Å². The number of nitrogens with zero attached hydrogens (tertiary/aromatic N) is 2. The quantitative estimate of drug-likeness (QED) is 0.667. The molecule has 21 heavy (non-hydrogen) atoms. The highest BCUT2D eigenvalue weighted by Crippen LogP contribution is 2.25. The number of amides is 2. The molecule has 1 atom stereocenters. The SMILES string of the molecule is CSC(=Nc1nc[pH]c1C(N)=O)NC(=O)c1ccccc1. The van der Waals surface area contributed by atoms with Crippen LogP contribution in [0.3, 0.4) is 0 Å². The van der Waals surface area contributed by atoms with Crippen LogP contribution in [0.25, 0.3) is 0 Å². The Kier molecular flexibility index (Phi) is 5.14. The third-order valence-electron chi connectivity index (χ3n) is 2.52. The van der Waals surface area contributed by atoms with E-state index in [0.29, 0.717) is 16.0 Å². The van der Waals surface area contributed by atoms with Crippen LogP contribution < -0.4 is 11.1 Å². The van der Waals surface area contributed by atoms with Crippen LogP contribution in [0.15, 0.2) is 41.3 Å². The van der Waals surface area contributed by atoms with Gasteiger partial charge in [-0.3, -0.25) is 9.59 Å². The smallest absolute Gasteiger partial charge is 0.257 e. The molecule has 1 aromatic heterocycles. The topological polar surface area (TPSA) is 97.4 Å². The number of amidine groups is 1. The van der Waals surface area contributed by atoms with Crippen molar-refractivity contribution in [2.45, 2.75) is 0 Å². The fourth-order valence-corrected chi connectivity index (χ4v) is 2.61. The van der Waals surface area contributed by atoms with Crippen molar-refractivity contribution in [1.82, 2.24) is 10.3 Å². The zero-order chi connectivity index (χ0) is 15.2. The first-order valence-corrected chi connectivity index (χ1v) is 8.24. The number of thioether (sulfide) groups is 1. The number of nitrogens with one attached hydrogen (secondary N) is 1. The van der Waals surface area contributed by atoms with E-state index in [0.717, 1.165) is 0 Å². The Morgan fingerprint density at radius 3 is 2.67 bits per heavy atom. The van der Waals surface area contributed by atoms with Crippen LogP contribution in [0.2, 0.25) is 0 Å². The maximum Gasteiger partial charge on any atom is 0.257 e. The number of rotatable bonds is 3. The lowest BCUT2D eigenvalue weighted by atomic mass is 10.2. The minimum atomic E-state index is -0.542. The van der Waals surface area contributed by atoms with Crippen molar-refractivity contribution < 1.29 is 9.59 Å². The van der Waals surface area contributed by atoms with Crippen LogP contribution >= 0.6 is 20.0 Å². The van der Waals surface area contributed by atoms with Crippen LogP contribution in [0, 0.1) is 0 Å². The predicted octanol–water partition coefficient (Wildman–Crippen LogP) is 1.99. The lowest BCUT2D eigenvalue weighted by Crippen LogP contribution is -2.28. The first-order chi connectivity index (χ1) is 10.1. The van der Waals surface area contributed by atoms with E-state index in [1.54, 1.807) is 36.4 Å². The minimum absolute atomic E-state index is 0.115. The number of nitrogens with two attached hydrogens (primary N) is 1. The van der Waals surface area contributed by atoms with Crippen molar-refractivity contribution in [2.24, 2.45) is 10.7 Å². The number of aromatic nitrogens is 1. The lowest BCUT2D eigenvalue weighted by molar-refractivity contribution is 0.0976. The predicted molar refractivity (Wildman–Crippen MR) is 86.8 cm³/mol. The fourth-order valence-electron chi connectivity index (χ4n) is 1.53. The Bertz CT molecular complexity index is 684. The maximum atomic E-state index is 12.1. The fraction of sp³-hybridized carbons (Fsp3) is 0.0769. The van der Waals surface area contributed by atoms with Crippen molar-refractivity contribution in [2.75, 3.05) is 6.26 Å². The van der Waals surface area contributed by atoms with Gasteiger partial charge in [-0.15, -0.1) is 8.19 Å². The number of primary amides is 1. The van der Waals surface area contributed by atoms with Gasteiger partial charge < -0.3 is 11.1 Å². The van der Waals surface area contributed by atoms with Crippen molar-refractivity contribution in [3.63, 3.8) is 0 Å². The van der Waals surface area contributed by atoms with Gasteiger partial charge in [0.25, 0.3) is 11.8 Å². The highest BCUT2D eigenvalue weighted by atomic mass is 32.2. The van der Waals surface area contributed by atoms with E-state index in [1.807, 2.05) is 6.07 Å². The Morgan fingerprint density at radius 1 is 1.33 bits per heavy atom. The summed E-state index contributed by atoms with van der Waals surface area (Å²) < 4.78 is 0. The third kappa shape index (κ3) is 3.93. The lowest BCUT2D eigenvalue weighted by Gasteiger charge is -2.06. The summed E-state index contributed by atoms with van der Waals surface area (Å²) in [6.45, 7) is 0. The molecule has 1 heterocycles. The van der Waals surface area contributed by atoms with Crippen molar-refractivity contribution in [1.29, 1.82) is 0 Å². The summed E-state index contributed by atoms with van der Waals surface area (Å²) in [6.07, 6.45) is 1.77. The Labute approximate surface area is 127 Å². The molecule has 0 radical (unpaired) electrons. The summed E-state index contributed by atoms with van der Waals surface area (Å²) in [6, 6.07) is 8.80. The molecule has 2 amide bonds. The molecule has 6 nitrogen and oxygen atoms in total. The van der Waals surface area contributed by atoms with E-state index in [1.165, 1.54) is 11.8 Å². The molecule has 0 saturated heterocycles. The molecule has 2 rings (SSSR count). The van der Waals surface area contributed by atoms with Crippen molar-refractivity contribution >= 4 is 42.8 Å². The second kappa shape index (κ2) is 7.06. The van der Waals surface area contributed by atoms with Crippen LogP contribution in [0.5, 0.6) is 0 Å². The molecule has 2 aromatic rings. The van der Waals surface area contributed by atoms with Gasteiger partial charge in [-0.25, -0.2) is 9.98 Å². The molecule has 8 heteroatoms. The third-order valence-corrected chi connectivity index (χ3v) is 4.12. The average molecular weight is 320 g/mol. The first-order valence-electron chi connectivity index (χ1n) is 5.94. The standard InChI is InChI=1S/C13H13N4O2PS/c1-21-13(16-11-9(10(14)18)20-7-15-11)17-12(19)8-5-3-2-4-6-8/h2-7,20H,1H3,(H2,14,18)(H,16,17,19). The molecule has 0 saturated carbocycles. The normalized spacial score (nSPS) is 11.6. The molecule has 0 fully saturated rings. The highest BCUT2D eigenvalue weighted by molar-refractivity contribution is 8.13. The second-order valence-electron chi connectivity index (χ2n) is 3.91. The number of hydrogen-bond donors (Lipinski definition) is 2. The molecular weight excluding hydrogens is 307 g/mol. The number of benzene rings is 1. The van der Waals surface area contributed by atoms with E-state index < -0.39 is 5.91 Å². The summed E-state index contributed by atoms with van der Waals surface area (Å²) in [7, 11) is 0.115. The Balaban J connectivity index is 2.20. The summed E-state index contributed by atoms with van der Waals surface area (Å²) in [5, 5.41) is 3.42. The molecule has 108 valence electrons. The van der Waals surface area contributed by atoms with Gasteiger partial charge in [-0.1, -0.05) is 30.0 Å². The summed E-state index contributed by atoms with van der Waals surface area (Å²) >= 11 is 1.25. The summed E-state index contributed by atoms with van der Waals surface area (Å²) in [5.74, 6) is 1.04. The van der Waals surface area contributed by atoms with Crippen LogP contribution in [0.1, 0.15) is 20.4 Å². The average Bonchev–Trinajstić information content (AvgIpc) is 2.95. The number of carbonyl (C=O) groups is 2. The van der Waals surface area contributed by atoms with Gasteiger partial charge in [0.05, 0.1) is 0 Å². The summed E-state index contributed by atoms with van der Waals surface area (Å²) in [5.41, 5.74) is 5.79. The van der Waals surface area contributed by atoms with E-state index in [4.69, 9.17) is 5.73 Å². The van der Waals surface area contributed by atoms with Crippen molar-refractivity contribution in [3.05, 3.63) is 47.1 Å². The second-order valence-corrected chi connectivity index (χ2v) is 5.75. The van der Waals surface area contributed by atoms with Gasteiger partial charge in [0, 0.05) is 11.5 Å². The van der Waals surface area contributed by atoms with Crippen LogP contribution in [0.4, 0.5) is 5.82 Å². The zero-order valence-corrected chi connectivity index (χ0v) is 13.0. The number of hydrogen-bond acceptors (Lipinski definition) is 5. The highest BCUT2D eigenvalue weighted by Gasteiger charge is 2.12. The van der Waals surface area contributed by atoms with Gasteiger partial charge in [0.2, 0.25) is 0 Å². The van der Waals surface area contributed by atoms with Gasteiger partial charge in [0.1, 0.15) is 5.30 Å². The molecule has 3 N–H and O–H groups in total. The van der Waals surface area contributed by atoms with Gasteiger partial charge in [0.15, 0.2) is 11.0 Å². The molecule has 0 bridgehead atoms. The molecule has 0 spiro atoms. The zero-order valence-electron chi connectivity index (χ0n) is 11.2. The first kappa shape index (κ1) is 15.3. The van der Waals surface area contributed by atoms with E-state index in [9.17, 15) is 9.59 Å². The number of aliphatic imine (C=N–C) groups is 1. The van der Waals surface area contributed by atoms with Gasteiger partial charge in [-0.2, -0.15) is 0 Å². The molecular formula is C13H13N4O2PS. The molecule has 0 aliphatic rings. The Hall–Kier alpha value is -2.11. The van der Waals surface area contributed by atoms with E-state index in [2.05, 4.69) is 15.3 Å². The molecule has 1 aromatic carbocycles. The number of carbonyl (C=O) groups excluding carboxylic acids is 2. The molecule has 0 aliphatic heterocycles. The van der Waals surface area contributed by atoms with Crippen molar-refractivity contribution in [3.8, 4) is 0 Å². The molecule has 1 unspecified atom stereocenters. The minimum Gasteiger partial charge on any atom is -0.365 e. The summed E-state index contributed by atoms with van der Waals surface area (Å²) in [4.78, 5) is 31.5. The van der Waals surface area contributed by atoms with Crippen LogP contribution in [-0.2, 0) is 0 Å². The van der Waals surface area contributed by atoms with Crippen LogP contribution in [-0.4, -0.2) is 28.2 Å². The Morgan fingerprint density at radius 2 is 2.05 bits per heavy atom.